The Kier molecular flexibility index (Phi) is 4.73. The minimum atomic E-state index is 0.250. The van der Waals surface area contributed by atoms with E-state index in [0.717, 1.165) is 24.1 Å². The summed E-state index contributed by atoms with van der Waals surface area (Å²) in [5.74, 6) is 0. The number of nitriles is 1. The molecule has 1 aromatic heterocycles. The van der Waals surface area contributed by atoms with Crippen LogP contribution in [0.5, 0.6) is 0 Å². The first-order valence-electron chi connectivity index (χ1n) is 6.53. The fraction of sp³-hybridized carbons (Fsp3) is 0.312. The molecule has 19 heavy (non-hydrogen) atoms. The van der Waals surface area contributed by atoms with Gasteiger partial charge in [-0.1, -0.05) is 19.1 Å². The van der Waals surface area contributed by atoms with Crippen molar-refractivity contribution < 1.29 is 0 Å². The van der Waals surface area contributed by atoms with E-state index in [2.05, 4.69) is 42.7 Å². The molecule has 0 spiro atoms. The first-order chi connectivity index (χ1) is 9.24. The number of thiophene rings is 1. The Morgan fingerprint density at radius 3 is 2.95 bits per heavy atom. The molecule has 0 aliphatic carbocycles. The van der Waals surface area contributed by atoms with E-state index >= 15 is 0 Å². The van der Waals surface area contributed by atoms with Gasteiger partial charge in [-0.3, -0.25) is 0 Å². The Balaban J connectivity index is 2.01. The second-order valence-electron chi connectivity index (χ2n) is 4.56. The van der Waals surface area contributed by atoms with E-state index < -0.39 is 0 Å². The van der Waals surface area contributed by atoms with Gasteiger partial charge in [-0.15, -0.1) is 11.3 Å². The van der Waals surface area contributed by atoms with E-state index in [9.17, 15) is 0 Å². The lowest BCUT2D eigenvalue weighted by molar-refractivity contribution is 0.577. The average molecular weight is 270 g/mol. The third-order valence-corrected chi connectivity index (χ3v) is 4.27. The number of nitrogens with one attached hydrogen (secondary N) is 1. The number of hydrogen-bond donors (Lipinski definition) is 1. The molecule has 98 valence electrons. The Labute approximate surface area is 118 Å². The molecule has 0 bridgehead atoms. The summed E-state index contributed by atoms with van der Waals surface area (Å²) in [6, 6.07) is 12.4. The molecule has 1 heterocycles. The van der Waals surface area contributed by atoms with Crippen molar-refractivity contribution in [2.45, 2.75) is 32.9 Å². The van der Waals surface area contributed by atoms with E-state index in [4.69, 9.17) is 5.26 Å². The van der Waals surface area contributed by atoms with E-state index in [1.165, 1.54) is 10.4 Å². The highest BCUT2D eigenvalue weighted by molar-refractivity contribution is 7.10. The molecule has 1 aromatic carbocycles. The third kappa shape index (κ3) is 3.44. The van der Waals surface area contributed by atoms with Gasteiger partial charge in [0.15, 0.2) is 0 Å². The SMILES string of the molecule is CCc1ccsc1CNC(C)c1cccc(C#N)c1. The third-order valence-electron chi connectivity index (χ3n) is 3.30. The molecule has 0 amide bonds. The fourth-order valence-electron chi connectivity index (χ4n) is 2.08. The molecule has 2 nitrogen and oxygen atoms in total. The lowest BCUT2D eigenvalue weighted by Crippen LogP contribution is -2.18. The van der Waals surface area contributed by atoms with Gasteiger partial charge in [0.1, 0.15) is 0 Å². The fourth-order valence-corrected chi connectivity index (χ4v) is 3.01. The molecule has 0 radical (unpaired) electrons. The molecule has 1 unspecified atom stereocenters. The van der Waals surface area contributed by atoms with Crippen molar-refractivity contribution >= 4 is 11.3 Å². The molecule has 1 N–H and O–H groups in total. The van der Waals surface area contributed by atoms with Crippen LogP contribution in [-0.4, -0.2) is 0 Å². The van der Waals surface area contributed by atoms with Crippen molar-refractivity contribution in [1.82, 2.24) is 5.32 Å². The minimum Gasteiger partial charge on any atom is -0.305 e. The van der Waals surface area contributed by atoms with E-state index in [1.807, 2.05) is 18.2 Å². The monoisotopic (exact) mass is 270 g/mol. The highest BCUT2D eigenvalue weighted by Gasteiger charge is 2.08. The molecular weight excluding hydrogens is 252 g/mol. The predicted octanol–water partition coefficient (Wildman–Crippen LogP) is 4.03. The van der Waals surface area contributed by atoms with Crippen molar-refractivity contribution in [2.24, 2.45) is 0 Å². The largest absolute Gasteiger partial charge is 0.305 e. The van der Waals surface area contributed by atoms with E-state index in [0.29, 0.717) is 0 Å². The van der Waals surface area contributed by atoms with Crippen molar-refractivity contribution in [2.75, 3.05) is 0 Å². The smallest absolute Gasteiger partial charge is 0.0991 e. The van der Waals surface area contributed by atoms with Crippen molar-refractivity contribution in [3.05, 3.63) is 57.3 Å². The number of rotatable bonds is 5. The Bertz CT molecular complexity index is 580. The predicted molar refractivity (Wildman–Crippen MR) is 80.1 cm³/mol. The van der Waals surface area contributed by atoms with Crippen LogP contribution in [0.25, 0.3) is 0 Å². The van der Waals surface area contributed by atoms with Gasteiger partial charge in [0.25, 0.3) is 0 Å². The van der Waals surface area contributed by atoms with Crippen LogP contribution in [0, 0.1) is 11.3 Å². The topological polar surface area (TPSA) is 35.8 Å². The minimum absolute atomic E-state index is 0.250. The summed E-state index contributed by atoms with van der Waals surface area (Å²) in [6.07, 6.45) is 1.08. The average Bonchev–Trinajstić information content (AvgIpc) is 2.92. The number of hydrogen-bond acceptors (Lipinski definition) is 3. The van der Waals surface area contributed by atoms with Gasteiger partial charge >= 0.3 is 0 Å². The van der Waals surface area contributed by atoms with Gasteiger partial charge in [0.05, 0.1) is 11.6 Å². The molecule has 0 fully saturated rings. The van der Waals surface area contributed by atoms with Crippen molar-refractivity contribution in [1.29, 1.82) is 5.26 Å². The zero-order valence-electron chi connectivity index (χ0n) is 11.3. The molecule has 0 aliphatic rings. The Morgan fingerprint density at radius 2 is 2.21 bits per heavy atom. The molecule has 0 aliphatic heterocycles. The maximum absolute atomic E-state index is 8.92. The summed E-state index contributed by atoms with van der Waals surface area (Å²) >= 11 is 1.80. The van der Waals surface area contributed by atoms with E-state index in [-0.39, 0.29) is 6.04 Å². The summed E-state index contributed by atoms with van der Waals surface area (Å²) in [6.45, 7) is 5.21. The van der Waals surface area contributed by atoms with Gasteiger partial charge in [0.2, 0.25) is 0 Å². The first-order valence-corrected chi connectivity index (χ1v) is 7.41. The van der Waals surface area contributed by atoms with Crippen LogP contribution in [-0.2, 0) is 13.0 Å². The van der Waals surface area contributed by atoms with Crippen LogP contribution in [0.1, 0.15) is 41.5 Å². The summed E-state index contributed by atoms with van der Waals surface area (Å²) in [7, 11) is 0. The summed E-state index contributed by atoms with van der Waals surface area (Å²) < 4.78 is 0. The van der Waals surface area contributed by atoms with Gasteiger partial charge < -0.3 is 5.32 Å². The highest BCUT2D eigenvalue weighted by Crippen LogP contribution is 2.19. The maximum atomic E-state index is 8.92. The lowest BCUT2D eigenvalue weighted by Gasteiger charge is -2.14. The van der Waals surface area contributed by atoms with Gasteiger partial charge in [-0.2, -0.15) is 5.26 Å². The van der Waals surface area contributed by atoms with Crippen LogP contribution in [0.3, 0.4) is 0 Å². The van der Waals surface area contributed by atoms with Crippen LogP contribution in [0.15, 0.2) is 35.7 Å². The number of nitrogens with zero attached hydrogens (tertiary/aromatic N) is 1. The standard InChI is InChI=1S/C16H18N2S/c1-3-14-7-8-19-16(14)11-18-12(2)15-6-4-5-13(9-15)10-17/h4-9,12,18H,3,11H2,1-2H3. The zero-order valence-corrected chi connectivity index (χ0v) is 12.1. The highest BCUT2D eigenvalue weighted by atomic mass is 32.1. The van der Waals surface area contributed by atoms with Gasteiger partial charge in [-0.25, -0.2) is 0 Å². The van der Waals surface area contributed by atoms with Crippen molar-refractivity contribution in [3.63, 3.8) is 0 Å². The second kappa shape index (κ2) is 6.51. The summed E-state index contributed by atoms with van der Waals surface area (Å²) in [5, 5.41) is 14.6. The second-order valence-corrected chi connectivity index (χ2v) is 5.56. The number of aryl methyl sites for hydroxylation is 1. The Morgan fingerprint density at radius 1 is 1.37 bits per heavy atom. The molecule has 2 rings (SSSR count). The van der Waals surface area contributed by atoms with Gasteiger partial charge in [0, 0.05) is 17.5 Å². The van der Waals surface area contributed by atoms with E-state index in [1.54, 1.807) is 11.3 Å². The Hall–Kier alpha value is -1.63. The molecular formula is C16H18N2S. The van der Waals surface area contributed by atoms with Gasteiger partial charge in [-0.05, 0) is 48.1 Å². The maximum Gasteiger partial charge on any atom is 0.0991 e. The molecule has 0 saturated carbocycles. The quantitative estimate of drug-likeness (QED) is 0.890. The molecule has 2 aromatic rings. The summed E-state index contributed by atoms with van der Waals surface area (Å²) in [5.41, 5.74) is 3.31. The van der Waals surface area contributed by atoms with Crippen molar-refractivity contribution in [3.8, 4) is 6.07 Å². The zero-order chi connectivity index (χ0) is 13.7. The molecule has 3 heteroatoms. The lowest BCUT2D eigenvalue weighted by atomic mass is 10.1. The van der Waals surface area contributed by atoms with Crippen LogP contribution in [0.4, 0.5) is 0 Å². The molecule has 0 saturated heterocycles. The van der Waals surface area contributed by atoms with Crippen LogP contribution in [0.2, 0.25) is 0 Å². The first kappa shape index (κ1) is 13.8. The number of benzene rings is 1. The summed E-state index contributed by atoms with van der Waals surface area (Å²) in [4.78, 5) is 1.41. The molecule has 1 atom stereocenters. The van der Waals surface area contributed by atoms with Crippen LogP contribution < -0.4 is 5.32 Å². The van der Waals surface area contributed by atoms with Crippen LogP contribution >= 0.6 is 11.3 Å². The normalized spacial score (nSPS) is 12.1.